The molecule has 3 nitrogen and oxygen atoms in total. The van der Waals surface area contributed by atoms with Crippen LogP contribution in [-0.2, 0) is 0 Å². The van der Waals surface area contributed by atoms with E-state index < -0.39 is 10.0 Å². The standard InChI is InChI=1S/C60H59N3S/c1-8-24-46(25-9-1)61(47-26-10-2-11-27-47)51-42-52(62(48-28-12-3-13-29-48)49-30-14-4-15-31-49)44-56(43-51)64(53-34-18-6-19-35-53,54-36-20-7-21-37-54)55-40-41-60-58(45-55)57-38-22-23-39-59(57)63(60)50-32-16-5-17-33-50/h1-3,5-6,8-14,16-20,22-32,34-36,38-43,50,54-57,59H,4,7,15,21,33,37,44-45H2. The van der Waals surface area contributed by atoms with Gasteiger partial charge in [-0.2, -0.15) is 10.0 Å². The van der Waals surface area contributed by atoms with Gasteiger partial charge in [-0.05, 0) is 116 Å². The van der Waals surface area contributed by atoms with E-state index in [-0.39, 0.29) is 5.25 Å². The number of fused-ring (bicyclic) bond motifs is 2. The van der Waals surface area contributed by atoms with Crippen molar-refractivity contribution in [2.75, 3.05) is 9.80 Å². The molecule has 4 aromatic carbocycles. The number of nitrogens with zero attached hydrogens (tertiary/aromatic N) is 3. The van der Waals surface area contributed by atoms with Gasteiger partial charge < -0.3 is 14.7 Å². The number of hydrogen-bond acceptors (Lipinski definition) is 3. The van der Waals surface area contributed by atoms with Gasteiger partial charge in [0.15, 0.2) is 0 Å². The maximum absolute atomic E-state index is 2.76. The summed E-state index contributed by atoms with van der Waals surface area (Å²) < 4.78 is 0. The SMILES string of the molecule is C1=CCC(N2C3=C(CC(S(c4ccccc4)(C4C=CCCC4)C4C=C(N(c5ccccc5)c5ccccc5)C=C(N(C5=CCCC=C5)c5ccccc5)C4)C=C3)C3C=CC=CC32)C=C1. The summed E-state index contributed by atoms with van der Waals surface area (Å²) in [6.45, 7) is 0. The van der Waals surface area contributed by atoms with Crippen molar-refractivity contribution in [1.82, 2.24) is 4.90 Å². The highest BCUT2D eigenvalue weighted by atomic mass is 32.3. The quantitative estimate of drug-likeness (QED) is 0.139. The molecule has 0 aromatic heterocycles. The average molecular weight is 854 g/mol. The Hall–Kier alpha value is -6.23. The van der Waals surface area contributed by atoms with E-state index in [0.717, 1.165) is 38.5 Å². The second-order valence-electron chi connectivity index (χ2n) is 18.1. The van der Waals surface area contributed by atoms with Gasteiger partial charge in [0.25, 0.3) is 0 Å². The maximum atomic E-state index is 2.76. The highest BCUT2D eigenvalue weighted by Crippen LogP contribution is 2.73. The van der Waals surface area contributed by atoms with Crippen molar-refractivity contribution < 1.29 is 0 Å². The molecule has 64 heavy (non-hydrogen) atoms. The van der Waals surface area contributed by atoms with E-state index in [1.165, 1.54) is 57.6 Å². The zero-order valence-electron chi connectivity index (χ0n) is 36.7. The van der Waals surface area contributed by atoms with Gasteiger partial charge in [0.1, 0.15) is 0 Å². The lowest BCUT2D eigenvalue weighted by Crippen LogP contribution is -2.40. The molecule has 1 heterocycles. The molecule has 4 aromatic rings. The van der Waals surface area contributed by atoms with Gasteiger partial charge in [0.05, 0.1) is 12.1 Å². The maximum Gasteiger partial charge on any atom is 0.0583 e. The summed E-state index contributed by atoms with van der Waals surface area (Å²) in [5.41, 5.74) is 10.5. The summed E-state index contributed by atoms with van der Waals surface area (Å²) in [7, 11) is -1.71. The minimum atomic E-state index is -1.71. The zero-order chi connectivity index (χ0) is 42.7. The molecule has 7 aliphatic rings. The summed E-state index contributed by atoms with van der Waals surface area (Å²) in [5, 5.41) is 0.987. The van der Waals surface area contributed by atoms with Crippen molar-refractivity contribution in [2.24, 2.45) is 5.92 Å². The van der Waals surface area contributed by atoms with Crippen molar-refractivity contribution in [3.8, 4) is 0 Å². The van der Waals surface area contributed by atoms with Crippen molar-refractivity contribution >= 4 is 27.1 Å². The summed E-state index contributed by atoms with van der Waals surface area (Å²) in [5.74, 6) is 0.375. The van der Waals surface area contributed by atoms with E-state index in [1.54, 1.807) is 5.57 Å². The van der Waals surface area contributed by atoms with Crippen LogP contribution in [0.5, 0.6) is 0 Å². The number of allylic oxidation sites excluding steroid dienone is 11. The van der Waals surface area contributed by atoms with Gasteiger partial charge in [-0.1, -0.05) is 164 Å². The van der Waals surface area contributed by atoms with Crippen LogP contribution in [0.2, 0.25) is 0 Å². The third-order valence-electron chi connectivity index (χ3n) is 14.4. The third kappa shape index (κ3) is 7.46. The second kappa shape index (κ2) is 18.1. The lowest BCUT2D eigenvalue weighted by molar-refractivity contribution is 0.257. The van der Waals surface area contributed by atoms with Gasteiger partial charge in [-0.3, -0.25) is 0 Å². The van der Waals surface area contributed by atoms with Gasteiger partial charge >= 0.3 is 0 Å². The molecule has 7 unspecified atom stereocenters. The van der Waals surface area contributed by atoms with E-state index in [4.69, 9.17) is 0 Å². The van der Waals surface area contributed by atoms with Crippen molar-refractivity contribution in [3.63, 3.8) is 0 Å². The molecule has 0 fully saturated rings. The topological polar surface area (TPSA) is 9.72 Å². The normalized spacial score (nSPS) is 26.9. The van der Waals surface area contributed by atoms with Crippen LogP contribution in [0.25, 0.3) is 0 Å². The number of para-hydroxylation sites is 3. The first-order valence-electron chi connectivity index (χ1n) is 23.7. The van der Waals surface area contributed by atoms with Crippen LogP contribution in [0.1, 0.15) is 51.4 Å². The molecule has 0 amide bonds. The van der Waals surface area contributed by atoms with Crippen LogP contribution in [0.3, 0.4) is 0 Å². The number of hydrogen-bond donors (Lipinski definition) is 0. The third-order valence-corrected chi connectivity index (χ3v) is 19.5. The molecule has 0 saturated carbocycles. The van der Waals surface area contributed by atoms with Crippen molar-refractivity contribution in [1.29, 1.82) is 0 Å². The lowest BCUT2D eigenvalue weighted by Gasteiger charge is -2.57. The second-order valence-corrected chi connectivity index (χ2v) is 21.9. The largest absolute Gasteiger partial charge is 0.357 e. The molecule has 4 heteroatoms. The molecule has 7 atom stereocenters. The Bertz CT molecular complexity index is 2620. The number of anilines is 3. The van der Waals surface area contributed by atoms with E-state index in [0.29, 0.717) is 28.5 Å². The summed E-state index contributed by atoms with van der Waals surface area (Å²) >= 11 is 0. The molecule has 320 valence electrons. The fourth-order valence-corrected chi connectivity index (χ4v) is 17.3. The Morgan fingerprint density at radius 1 is 0.531 bits per heavy atom. The number of rotatable bonds is 11. The summed E-state index contributed by atoms with van der Waals surface area (Å²) in [4.78, 5) is 9.41. The Morgan fingerprint density at radius 2 is 1.22 bits per heavy atom. The van der Waals surface area contributed by atoms with Crippen LogP contribution >= 0.6 is 10.0 Å². The summed E-state index contributed by atoms with van der Waals surface area (Å²) in [6, 6.07) is 45.8. The van der Waals surface area contributed by atoms with Gasteiger partial charge in [-0.15, -0.1) is 0 Å². The van der Waals surface area contributed by atoms with E-state index in [1.807, 2.05) is 0 Å². The van der Waals surface area contributed by atoms with Crippen LogP contribution in [0.15, 0.2) is 258 Å². The lowest BCUT2D eigenvalue weighted by atomic mass is 9.86. The minimum absolute atomic E-state index is 0.227. The first kappa shape index (κ1) is 40.5. The highest BCUT2D eigenvalue weighted by Gasteiger charge is 2.51. The molecule has 0 bridgehead atoms. The molecule has 0 radical (unpaired) electrons. The molecular weight excluding hydrogens is 795 g/mol. The first-order chi connectivity index (χ1) is 31.8. The Labute approximate surface area is 382 Å². The Morgan fingerprint density at radius 3 is 1.88 bits per heavy atom. The molecule has 0 saturated heterocycles. The molecule has 1 aliphatic heterocycles. The van der Waals surface area contributed by atoms with E-state index >= 15 is 0 Å². The fourth-order valence-electron chi connectivity index (χ4n) is 11.7. The molecule has 6 aliphatic carbocycles. The number of benzene rings is 4. The van der Waals surface area contributed by atoms with Crippen LogP contribution in [-0.4, -0.2) is 32.7 Å². The minimum Gasteiger partial charge on any atom is -0.357 e. The predicted octanol–water partition coefficient (Wildman–Crippen LogP) is 15.0. The van der Waals surface area contributed by atoms with Gasteiger partial charge in [0.2, 0.25) is 0 Å². The smallest absolute Gasteiger partial charge is 0.0583 e. The molecule has 0 N–H and O–H groups in total. The van der Waals surface area contributed by atoms with Crippen molar-refractivity contribution in [3.05, 3.63) is 253 Å². The zero-order valence-corrected chi connectivity index (χ0v) is 37.5. The van der Waals surface area contributed by atoms with E-state index in [9.17, 15) is 0 Å². The van der Waals surface area contributed by atoms with Gasteiger partial charge in [0, 0.05) is 67.9 Å². The highest BCUT2D eigenvalue weighted by molar-refractivity contribution is 8.35. The average Bonchev–Trinajstić information content (AvgIpc) is 3.70. The fraction of sp³-hybridized carbons (Fsp3) is 0.233. The molecule has 0 spiro atoms. The van der Waals surface area contributed by atoms with Crippen molar-refractivity contribution in [2.45, 2.75) is 84.1 Å². The molecular formula is C60H59N3S. The Kier molecular flexibility index (Phi) is 11.5. The Balaban J connectivity index is 1.13. The predicted molar refractivity (Wildman–Crippen MR) is 273 cm³/mol. The first-order valence-corrected chi connectivity index (χ1v) is 25.5. The van der Waals surface area contributed by atoms with Crippen LogP contribution in [0, 0.1) is 5.92 Å². The summed E-state index contributed by atoms with van der Waals surface area (Å²) in [6.07, 6.45) is 50.5. The monoisotopic (exact) mass is 853 g/mol. The molecule has 11 rings (SSSR count). The van der Waals surface area contributed by atoms with Crippen LogP contribution < -0.4 is 9.80 Å². The van der Waals surface area contributed by atoms with E-state index in [2.05, 4.69) is 239 Å². The van der Waals surface area contributed by atoms with Gasteiger partial charge in [-0.25, -0.2) is 0 Å². The van der Waals surface area contributed by atoms with Crippen LogP contribution in [0.4, 0.5) is 17.1 Å².